The van der Waals surface area contributed by atoms with Gasteiger partial charge in [0.25, 0.3) is 0 Å². The van der Waals surface area contributed by atoms with Crippen molar-refractivity contribution in [3.63, 3.8) is 0 Å². The lowest BCUT2D eigenvalue weighted by Gasteiger charge is -2.24. The maximum atomic E-state index is 6.85. The van der Waals surface area contributed by atoms with E-state index in [2.05, 4.69) is 153 Å². The van der Waals surface area contributed by atoms with Crippen molar-refractivity contribution in [1.29, 1.82) is 0 Å². The SMILES string of the molecule is CC1C=Cc2oc3c(-c4cccc5c4oc4ccc6ccccc6c45)cccc3c2C1c1nc(-c2ccccc2)nc(-c2ccc(-c3ccccc3)cc2)n1. The smallest absolute Gasteiger partial charge is 0.163 e. The molecule has 0 bridgehead atoms. The minimum absolute atomic E-state index is 0.100. The number of allylic oxidation sites excluding steroid dienone is 1. The molecule has 1 aliphatic rings. The van der Waals surface area contributed by atoms with E-state index >= 15 is 0 Å². The highest BCUT2D eigenvalue weighted by atomic mass is 16.3. The van der Waals surface area contributed by atoms with Gasteiger partial charge in [-0.15, -0.1) is 0 Å². The number of rotatable bonds is 5. The number of aromatic nitrogens is 3. The summed E-state index contributed by atoms with van der Waals surface area (Å²) in [5.41, 5.74) is 9.81. The van der Waals surface area contributed by atoms with Gasteiger partial charge in [-0.2, -0.15) is 0 Å². The van der Waals surface area contributed by atoms with Gasteiger partial charge in [-0.05, 0) is 40.0 Å². The highest BCUT2D eigenvalue weighted by Crippen LogP contribution is 2.47. The molecule has 0 aliphatic heterocycles. The lowest BCUT2D eigenvalue weighted by atomic mass is 9.81. The van der Waals surface area contributed by atoms with Crippen molar-refractivity contribution in [3.8, 4) is 45.0 Å². The summed E-state index contributed by atoms with van der Waals surface area (Å²) in [7, 11) is 0. The van der Waals surface area contributed by atoms with E-state index < -0.39 is 0 Å². The van der Waals surface area contributed by atoms with Crippen LogP contribution in [0.2, 0.25) is 0 Å². The van der Waals surface area contributed by atoms with Crippen LogP contribution in [0, 0.1) is 5.92 Å². The van der Waals surface area contributed by atoms with Crippen molar-refractivity contribution >= 4 is 49.8 Å². The Balaban J connectivity index is 1.08. The normalized spacial score (nSPS) is 15.3. The van der Waals surface area contributed by atoms with E-state index in [9.17, 15) is 0 Å². The van der Waals surface area contributed by atoms with E-state index in [4.69, 9.17) is 23.8 Å². The zero-order valence-corrected chi connectivity index (χ0v) is 30.0. The molecule has 55 heavy (non-hydrogen) atoms. The highest BCUT2D eigenvalue weighted by Gasteiger charge is 2.34. The second-order valence-electron chi connectivity index (χ2n) is 14.4. The van der Waals surface area contributed by atoms with Gasteiger partial charge >= 0.3 is 0 Å². The second-order valence-corrected chi connectivity index (χ2v) is 14.4. The molecule has 1 aliphatic carbocycles. The monoisotopic (exact) mass is 707 g/mol. The number of furan rings is 2. The summed E-state index contributed by atoms with van der Waals surface area (Å²) >= 11 is 0. The summed E-state index contributed by atoms with van der Waals surface area (Å²) in [6, 6.07) is 54.6. The molecule has 5 heteroatoms. The molecule has 0 fully saturated rings. The summed E-state index contributed by atoms with van der Waals surface area (Å²) in [6.07, 6.45) is 4.32. The molecule has 3 aromatic heterocycles. The first-order valence-electron chi connectivity index (χ1n) is 18.7. The van der Waals surface area contributed by atoms with Gasteiger partial charge in [0.15, 0.2) is 11.6 Å². The summed E-state index contributed by atoms with van der Waals surface area (Å²) < 4.78 is 13.5. The van der Waals surface area contributed by atoms with Gasteiger partial charge in [0.05, 0.1) is 5.92 Å². The van der Waals surface area contributed by atoms with Gasteiger partial charge in [0.2, 0.25) is 0 Å². The van der Waals surface area contributed by atoms with E-state index in [0.717, 1.165) is 72.0 Å². The molecule has 2 unspecified atom stereocenters. The van der Waals surface area contributed by atoms with Crippen molar-refractivity contribution in [2.75, 3.05) is 0 Å². The molecule has 0 saturated carbocycles. The van der Waals surface area contributed by atoms with Crippen LogP contribution in [-0.4, -0.2) is 15.0 Å². The zero-order chi connectivity index (χ0) is 36.5. The third kappa shape index (κ3) is 5.12. The predicted molar refractivity (Wildman–Crippen MR) is 223 cm³/mol. The van der Waals surface area contributed by atoms with Gasteiger partial charge in [-0.1, -0.05) is 165 Å². The fraction of sp³-hybridized carbons (Fsp3) is 0.0600. The Hall–Kier alpha value is -7.11. The van der Waals surface area contributed by atoms with E-state index in [1.165, 1.54) is 16.3 Å². The molecule has 0 saturated heterocycles. The van der Waals surface area contributed by atoms with Crippen LogP contribution < -0.4 is 0 Å². The maximum absolute atomic E-state index is 6.85. The molecule has 0 amide bonds. The number of hydrogen-bond acceptors (Lipinski definition) is 5. The Morgan fingerprint density at radius 1 is 0.473 bits per heavy atom. The molecule has 5 nitrogen and oxygen atoms in total. The van der Waals surface area contributed by atoms with E-state index in [1.54, 1.807) is 0 Å². The summed E-state index contributed by atoms with van der Waals surface area (Å²) in [5, 5.41) is 5.64. The minimum atomic E-state index is -0.169. The fourth-order valence-electron chi connectivity index (χ4n) is 8.39. The molecule has 2 atom stereocenters. The molecule has 3 heterocycles. The molecule has 0 spiro atoms. The Labute approximate surface area is 317 Å². The number of fused-ring (bicyclic) bond motifs is 8. The second kappa shape index (κ2) is 12.5. The van der Waals surface area contributed by atoms with Crippen LogP contribution in [0.15, 0.2) is 173 Å². The number of nitrogens with zero attached hydrogens (tertiary/aromatic N) is 3. The molecule has 0 radical (unpaired) electrons. The van der Waals surface area contributed by atoms with E-state index in [1.807, 2.05) is 24.3 Å². The van der Waals surface area contributed by atoms with Crippen LogP contribution in [0.1, 0.15) is 30.0 Å². The van der Waals surface area contributed by atoms with Crippen molar-refractivity contribution in [3.05, 3.63) is 181 Å². The van der Waals surface area contributed by atoms with Crippen molar-refractivity contribution in [2.24, 2.45) is 5.92 Å². The number of benzene rings is 7. The first kappa shape index (κ1) is 31.4. The Kier molecular flexibility index (Phi) is 7.14. The summed E-state index contributed by atoms with van der Waals surface area (Å²) in [6.45, 7) is 2.23. The van der Waals surface area contributed by atoms with Crippen LogP contribution >= 0.6 is 0 Å². The van der Waals surface area contributed by atoms with Gasteiger partial charge in [-0.3, -0.25) is 0 Å². The third-order valence-corrected chi connectivity index (χ3v) is 11.1. The van der Waals surface area contributed by atoms with Crippen molar-refractivity contribution < 1.29 is 8.83 Å². The average molecular weight is 708 g/mol. The lowest BCUT2D eigenvalue weighted by Crippen LogP contribution is -2.17. The van der Waals surface area contributed by atoms with Gasteiger partial charge in [-0.25, -0.2) is 15.0 Å². The fourth-order valence-corrected chi connectivity index (χ4v) is 8.39. The third-order valence-electron chi connectivity index (χ3n) is 11.1. The summed E-state index contributed by atoms with van der Waals surface area (Å²) in [5.74, 6) is 2.76. The highest BCUT2D eigenvalue weighted by molar-refractivity contribution is 6.21. The molecule has 10 aromatic rings. The van der Waals surface area contributed by atoms with Crippen molar-refractivity contribution in [1.82, 2.24) is 15.0 Å². The number of para-hydroxylation sites is 2. The van der Waals surface area contributed by atoms with Gasteiger partial charge < -0.3 is 8.83 Å². The van der Waals surface area contributed by atoms with E-state index in [0.29, 0.717) is 17.5 Å². The standard InChI is InChI=1S/C50H33N3O2/c1-30-22-28-42-45(40-21-11-19-38(47(40)55-42)37-18-10-20-39-44-36-17-9-8-14-33(36)27-29-41(44)54-46(37)39)43(30)50-52-48(34-15-6-3-7-16-34)51-49(53-50)35-25-23-32(24-26-35)31-12-4-2-5-13-31/h2-30,43H,1H3. The van der Waals surface area contributed by atoms with Crippen LogP contribution in [0.4, 0.5) is 0 Å². The lowest BCUT2D eigenvalue weighted by molar-refractivity contribution is 0.545. The maximum Gasteiger partial charge on any atom is 0.163 e. The number of hydrogen-bond donors (Lipinski definition) is 0. The molecule has 7 aromatic carbocycles. The first-order valence-corrected chi connectivity index (χ1v) is 18.7. The Morgan fingerprint density at radius 2 is 1.05 bits per heavy atom. The molecule has 260 valence electrons. The van der Waals surface area contributed by atoms with Crippen LogP contribution in [0.25, 0.3) is 94.8 Å². The Bertz CT molecular complexity index is 3110. The zero-order valence-electron chi connectivity index (χ0n) is 30.0. The first-order chi connectivity index (χ1) is 27.2. The van der Waals surface area contributed by atoms with Gasteiger partial charge in [0.1, 0.15) is 28.3 Å². The molecule has 0 N–H and O–H groups in total. The van der Waals surface area contributed by atoms with Crippen LogP contribution in [0.3, 0.4) is 0 Å². The largest absolute Gasteiger partial charge is 0.456 e. The van der Waals surface area contributed by atoms with E-state index in [-0.39, 0.29) is 11.8 Å². The minimum Gasteiger partial charge on any atom is -0.456 e. The average Bonchev–Trinajstić information content (AvgIpc) is 3.83. The molecular weight excluding hydrogens is 675 g/mol. The topological polar surface area (TPSA) is 65.0 Å². The predicted octanol–water partition coefficient (Wildman–Crippen LogP) is 13.1. The molecule has 11 rings (SSSR count). The van der Waals surface area contributed by atoms with Crippen LogP contribution in [-0.2, 0) is 0 Å². The summed E-state index contributed by atoms with van der Waals surface area (Å²) in [4.78, 5) is 15.5. The quantitative estimate of drug-likeness (QED) is 0.178. The van der Waals surface area contributed by atoms with Crippen LogP contribution in [0.5, 0.6) is 0 Å². The van der Waals surface area contributed by atoms with Crippen molar-refractivity contribution in [2.45, 2.75) is 12.8 Å². The van der Waals surface area contributed by atoms with Gasteiger partial charge in [0, 0.05) is 44.0 Å². The molecular formula is C50H33N3O2. The Morgan fingerprint density at radius 3 is 1.80 bits per heavy atom.